The lowest BCUT2D eigenvalue weighted by atomic mass is 10.0. The van der Waals surface area contributed by atoms with Gasteiger partial charge in [0.25, 0.3) is 0 Å². The molecule has 0 aliphatic carbocycles. The Balaban J connectivity index is 1.78. The van der Waals surface area contributed by atoms with Crippen molar-refractivity contribution in [2.24, 2.45) is 0 Å². The predicted molar refractivity (Wildman–Crippen MR) is 81.1 cm³/mol. The van der Waals surface area contributed by atoms with Gasteiger partial charge in [0.2, 0.25) is 0 Å². The first-order valence-electron chi connectivity index (χ1n) is 7.25. The molecule has 1 N–H and O–H groups in total. The van der Waals surface area contributed by atoms with Gasteiger partial charge in [0, 0.05) is 37.1 Å². The van der Waals surface area contributed by atoms with Crippen LogP contribution in [0.1, 0.15) is 18.4 Å². The lowest BCUT2D eigenvalue weighted by Crippen LogP contribution is -2.46. The highest BCUT2D eigenvalue weighted by Gasteiger charge is 2.28. The zero-order valence-electron chi connectivity index (χ0n) is 11.6. The minimum Gasteiger partial charge on any atom is -0.366 e. The standard InChI is InChI=1S/C16H18N4/c1-11-6-7-17-9-13(11)14-4-5-15-16(19-14)18-12-3-2-8-20(15)10-12/h4-7,9,12H,2-3,8,10H2,1H3,(H,18,19)/t12-/m0/s1. The number of hydrogen-bond donors (Lipinski definition) is 1. The van der Waals surface area contributed by atoms with Crippen LogP contribution in [0.25, 0.3) is 11.3 Å². The van der Waals surface area contributed by atoms with Crippen LogP contribution in [-0.4, -0.2) is 29.1 Å². The summed E-state index contributed by atoms with van der Waals surface area (Å²) < 4.78 is 0. The highest BCUT2D eigenvalue weighted by molar-refractivity contribution is 5.74. The predicted octanol–water partition coefficient (Wildman–Crippen LogP) is 2.85. The van der Waals surface area contributed by atoms with Gasteiger partial charge in [-0.3, -0.25) is 4.98 Å². The van der Waals surface area contributed by atoms with E-state index in [2.05, 4.69) is 34.3 Å². The Kier molecular flexibility index (Phi) is 2.62. The molecular weight excluding hydrogens is 248 g/mol. The topological polar surface area (TPSA) is 41.1 Å². The smallest absolute Gasteiger partial charge is 0.150 e. The number of piperidine rings is 1. The number of rotatable bonds is 1. The first-order chi connectivity index (χ1) is 9.81. The summed E-state index contributed by atoms with van der Waals surface area (Å²) in [4.78, 5) is 11.5. The van der Waals surface area contributed by atoms with Crippen molar-refractivity contribution in [3.63, 3.8) is 0 Å². The van der Waals surface area contributed by atoms with Gasteiger partial charge in [-0.05, 0) is 43.5 Å². The molecule has 2 aromatic heterocycles. The minimum atomic E-state index is 0.550. The van der Waals surface area contributed by atoms with E-state index in [-0.39, 0.29) is 0 Å². The van der Waals surface area contributed by atoms with Crippen LogP contribution in [0.5, 0.6) is 0 Å². The molecule has 0 saturated carbocycles. The first-order valence-corrected chi connectivity index (χ1v) is 7.25. The Hall–Kier alpha value is -2.10. The second-order valence-electron chi connectivity index (χ2n) is 5.68. The van der Waals surface area contributed by atoms with E-state index >= 15 is 0 Å². The van der Waals surface area contributed by atoms with Crippen molar-refractivity contribution < 1.29 is 0 Å². The van der Waals surface area contributed by atoms with E-state index in [0.717, 1.165) is 30.2 Å². The van der Waals surface area contributed by atoms with Crippen LogP contribution in [0.4, 0.5) is 11.5 Å². The Morgan fingerprint density at radius 3 is 3.15 bits per heavy atom. The van der Waals surface area contributed by atoms with Gasteiger partial charge in [-0.1, -0.05) is 0 Å². The van der Waals surface area contributed by atoms with Gasteiger partial charge in [0.05, 0.1) is 11.4 Å². The van der Waals surface area contributed by atoms with E-state index in [0.29, 0.717) is 6.04 Å². The number of anilines is 2. The molecule has 102 valence electrons. The van der Waals surface area contributed by atoms with Crippen LogP contribution in [0, 0.1) is 6.92 Å². The van der Waals surface area contributed by atoms with Crippen molar-refractivity contribution in [3.8, 4) is 11.3 Å². The SMILES string of the molecule is Cc1ccncc1-c1ccc2c(n1)N[C@H]1CCCN2C1. The van der Waals surface area contributed by atoms with Gasteiger partial charge in [-0.15, -0.1) is 0 Å². The fourth-order valence-electron chi connectivity index (χ4n) is 3.20. The van der Waals surface area contributed by atoms with E-state index < -0.39 is 0 Å². The zero-order valence-corrected chi connectivity index (χ0v) is 11.6. The molecule has 1 fully saturated rings. The van der Waals surface area contributed by atoms with Crippen molar-refractivity contribution >= 4 is 11.5 Å². The van der Waals surface area contributed by atoms with Gasteiger partial charge < -0.3 is 10.2 Å². The molecule has 4 rings (SSSR count). The maximum atomic E-state index is 4.83. The number of nitrogens with one attached hydrogen (secondary N) is 1. The molecule has 2 aliphatic heterocycles. The summed E-state index contributed by atoms with van der Waals surface area (Å²) in [6.07, 6.45) is 6.23. The van der Waals surface area contributed by atoms with Crippen LogP contribution in [0.15, 0.2) is 30.6 Å². The Bertz CT molecular complexity index is 653. The molecule has 2 aromatic rings. The van der Waals surface area contributed by atoms with Crippen molar-refractivity contribution in [3.05, 3.63) is 36.2 Å². The molecular formula is C16H18N4. The van der Waals surface area contributed by atoms with Crippen molar-refractivity contribution in [1.29, 1.82) is 0 Å². The number of aryl methyl sites for hydroxylation is 1. The molecule has 0 radical (unpaired) electrons. The average Bonchev–Trinajstić information content (AvgIpc) is 2.47. The number of pyridine rings is 2. The fourth-order valence-corrected chi connectivity index (χ4v) is 3.20. The molecule has 20 heavy (non-hydrogen) atoms. The third-order valence-corrected chi connectivity index (χ3v) is 4.29. The van der Waals surface area contributed by atoms with E-state index in [9.17, 15) is 0 Å². The van der Waals surface area contributed by atoms with E-state index in [1.165, 1.54) is 24.1 Å². The van der Waals surface area contributed by atoms with Crippen LogP contribution in [0.2, 0.25) is 0 Å². The molecule has 0 spiro atoms. The molecule has 0 amide bonds. The summed E-state index contributed by atoms with van der Waals surface area (Å²) in [5, 5.41) is 3.58. The van der Waals surface area contributed by atoms with Crippen molar-refractivity contribution in [2.75, 3.05) is 23.3 Å². The Morgan fingerprint density at radius 1 is 1.30 bits per heavy atom. The summed E-state index contributed by atoms with van der Waals surface area (Å²) in [5.41, 5.74) is 4.57. The maximum absolute atomic E-state index is 4.83. The van der Waals surface area contributed by atoms with E-state index in [1.54, 1.807) is 0 Å². The summed E-state index contributed by atoms with van der Waals surface area (Å²) in [7, 11) is 0. The summed E-state index contributed by atoms with van der Waals surface area (Å²) in [5.74, 6) is 1.03. The summed E-state index contributed by atoms with van der Waals surface area (Å²) in [6.45, 7) is 4.36. The molecule has 4 heterocycles. The average molecular weight is 266 g/mol. The van der Waals surface area contributed by atoms with Crippen molar-refractivity contribution in [1.82, 2.24) is 9.97 Å². The molecule has 4 heteroatoms. The van der Waals surface area contributed by atoms with Crippen LogP contribution in [-0.2, 0) is 0 Å². The Labute approximate surface area is 118 Å². The molecule has 0 aromatic carbocycles. The zero-order chi connectivity index (χ0) is 13.5. The maximum Gasteiger partial charge on any atom is 0.150 e. The molecule has 1 atom stereocenters. The van der Waals surface area contributed by atoms with Crippen LogP contribution in [0.3, 0.4) is 0 Å². The normalized spacial score (nSPS) is 20.2. The summed E-state index contributed by atoms with van der Waals surface area (Å²) >= 11 is 0. The quantitative estimate of drug-likeness (QED) is 0.861. The number of hydrogen-bond acceptors (Lipinski definition) is 4. The number of aromatic nitrogens is 2. The minimum absolute atomic E-state index is 0.550. The second-order valence-corrected chi connectivity index (χ2v) is 5.68. The van der Waals surface area contributed by atoms with E-state index in [1.807, 2.05) is 18.5 Å². The molecule has 0 unspecified atom stereocenters. The molecule has 2 aliphatic rings. The molecule has 4 nitrogen and oxygen atoms in total. The molecule has 2 bridgehead atoms. The fraction of sp³-hybridized carbons (Fsp3) is 0.375. The van der Waals surface area contributed by atoms with Crippen LogP contribution < -0.4 is 10.2 Å². The van der Waals surface area contributed by atoms with Gasteiger partial charge in [-0.2, -0.15) is 0 Å². The van der Waals surface area contributed by atoms with Crippen LogP contribution >= 0.6 is 0 Å². The Morgan fingerprint density at radius 2 is 2.25 bits per heavy atom. The van der Waals surface area contributed by atoms with Gasteiger partial charge >= 0.3 is 0 Å². The lowest BCUT2D eigenvalue weighted by molar-refractivity contribution is 0.516. The van der Waals surface area contributed by atoms with E-state index in [4.69, 9.17) is 4.98 Å². The van der Waals surface area contributed by atoms with Gasteiger partial charge in [-0.25, -0.2) is 4.98 Å². The highest BCUT2D eigenvalue weighted by atomic mass is 15.2. The number of nitrogens with zero attached hydrogens (tertiary/aromatic N) is 3. The first kappa shape index (κ1) is 11.7. The monoisotopic (exact) mass is 266 g/mol. The number of fused-ring (bicyclic) bond motifs is 4. The highest BCUT2D eigenvalue weighted by Crippen LogP contribution is 2.35. The lowest BCUT2D eigenvalue weighted by Gasteiger charge is -2.40. The molecule has 1 saturated heterocycles. The third kappa shape index (κ3) is 1.83. The summed E-state index contributed by atoms with van der Waals surface area (Å²) in [6, 6.07) is 6.88. The largest absolute Gasteiger partial charge is 0.366 e. The second kappa shape index (κ2) is 4.47. The third-order valence-electron chi connectivity index (χ3n) is 4.29. The van der Waals surface area contributed by atoms with Gasteiger partial charge in [0.15, 0.2) is 5.82 Å². The van der Waals surface area contributed by atoms with Crippen molar-refractivity contribution in [2.45, 2.75) is 25.8 Å². The van der Waals surface area contributed by atoms with Gasteiger partial charge in [0.1, 0.15) is 0 Å².